The number of rotatable bonds is 7. The first-order valence-corrected chi connectivity index (χ1v) is 8.39. The molecule has 1 aliphatic carbocycles. The number of nitrogens with zero attached hydrogens (tertiary/aromatic N) is 1. The summed E-state index contributed by atoms with van der Waals surface area (Å²) in [4.78, 5) is 12.0. The third-order valence-electron chi connectivity index (χ3n) is 3.58. The molecule has 116 valence electrons. The van der Waals surface area contributed by atoms with Gasteiger partial charge in [-0.1, -0.05) is 18.2 Å². The minimum Gasteiger partial charge on any atom is -0.353 e. The molecule has 2 rings (SSSR count). The smallest absolute Gasteiger partial charge is 0.243 e. The lowest BCUT2D eigenvalue weighted by molar-refractivity contribution is -0.121. The number of carbonyl (C=O) groups excluding carboxylic acids is 1. The highest BCUT2D eigenvalue weighted by molar-refractivity contribution is 7.89. The number of likely N-dealkylation sites (N-methyl/N-ethyl adjacent to an activating group) is 1. The molecular weight excluding hydrogens is 290 g/mol. The van der Waals surface area contributed by atoms with E-state index in [9.17, 15) is 13.2 Å². The largest absolute Gasteiger partial charge is 0.353 e. The van der Waals surface area contributed by atoms with Crippen LogP contribution in [0.15, 0.2) is 35.2 Å². The lowest BCUT2D eigenvalue weighted by atomic mass is 10.2. The lowest BCUT2D eigenvalue weighted by Gasteiger charge is -2.18. The van der Waals surface area contributed by atoms with Crippen molar-refractivity contribution < 1.29 is 13.2 Å². The van der Waals surface area contributed by atoms with E-state index >= 15 is 0 Å². The first-order valence-electron chi connectivity index (χ1n) is 6.95. The zero-order valence-electron chi connectivity index (χ0n) is 12.0. The average molecular weight is 311 g/mol. The second-order valence-corrected chi connectivity index (χ2v) is 7.42. The average Bonchev–Trinajstić information content (AvgIpc) is 3.30. The Bertz CT molecular complexity index is 585. The van der Waals surface area contributed by atoms with Crippen molar-refractivity contribution >= 4 is 15.9 Å². The van der Waals surface area contributed by atoms with Crippen LogP contribution in [0.1, 0.15) is 12.8 Å². The fourth-order valence-corrected chi connectivity index (χ4v) is 3.19. The molecule has 3 N–H and O–H groups in total. The maximum Gasteiger partial charge on any atom is 0.243 e. The molecule has 0 saturated heterocycles. The third-order valence-corrected chi connectivity index (χ3v) is 5.40. The van der Waals surface area contributed by atoms with Crippen molar-refractivity contribution in [1.82, 2.24) is 9.62 Å². The standard InChI is InChI=1S/C14H21N3O3S/c1-17(21(19,20)12-5-3-2-4-6-12)10-14(18)16-9-13(15)11-7-8-11/h2-6,11,13H,7-10,15H2,1H3,(H,16,18). The van der Waals surface area contributed by atoms with Crippen molar-refractivity contribution in [3.8, 4) is 0 Å². The van der Waals surface area contributed by atoms with Gasteiger partial charge >= 0.3 is 0 Å². The molecule has 0 radical (unpaired) electrons. The molecule has 1 fully saturated rings. The Morgan fingerprint density at radius 1 is 1.38 bits per heavy atom. The quantitative estimate of drug-likeness (QED) is 0.750. The van der Waals surface area contributed by atoms with Crippen molar-refractivity contribution in [2.24, 2.45) is 11.7 Å². The predicted molar refractivity (Wildman–Crippen MR) is 80.0 cm³/mol. The van der Waals surface area contributed by atoms with Gasteiger partial charge in [-0.25, -0.2) is 8.42 Å². The normalized spacial score (nSPS) is 16.7. The molecule has 0 spiro atoms. The number of hydrogen-bond acceptors (Lipinski definition) is 4. The van der Waals surface area contributed by atoms with Gasteiger partial charge in [-0.3, -0.25) is 4.79 Å². The summed E-state index contributed by atoms with van der Waals surface area (Å²) in [6, 6.07) is 8.01. The van der Waals surface area contributed by atoms with Crippen LogP contribution in [-0.4, -0.2) is 44.8 Å². The van der Waals surface area contributed by atoms with Crippen LogP contribution in [0.25, 0.3) is 0 Å². The molecule has 1 aliphatic rings. The summed E-state index contributed by atoms with van der Waals surface area (Å²) in [6.45, 7) is 0.178. The summed E-state index contributed by atoms with van der Waals surface area (Å²) in [5, 5.41) is 2.69. The van der Waals surface area contributed by atoms with Gasteiger partial charge < -0.3 is 11.1 Å². The number of nitrogens with one attached hydrogen (secondary N) is 1. The Balaban J connectivity index is 1.88. The van der Waals surface area contributed by atoms with Gasteiger partial charge in [0, 0.05) is 19.6 Å². The third kappa shape index (κ3) is 4.26. The maximum atomic E-state index is 12.2. The fraction of sp³-hybridized carbons (Fsp3) is 0.500. The number of carbonyl (C=O) groups is 1. The molecule has 0 aromatic heterocycles. The fourth-order valence-electron chi connectivity index (χ4n) is 2.04. The number of amides is 1. The van der Waals surface area contributed by atoms with Crippen LogP contribution in [0.5, 0.6) is 0 Å². The van der Waals surface area contributed by atoms with Crippen LogP contribution in [0.4, 0.5) is 0 Å². The van der Waals surface area contributed by atoms with Gasteiger partial charge in [-0.15, -0.1) is 0 Å². The molecule has 1 saturated carbocycles. The van der Waals surface area contributed by atoms with Gasteiger partial charge in [0.15, 0.2) is 0 Å². The molecule has 0 aliphatic heterocycles. The summed E-state index contributed by atoms with van der Waals surface area (Å²) in [6.07, 6.45) is 2.22. The molecule has 1 atom stereocenters. The summed E-state index contributed by atoms with van der Waals surface area (Å²) >= 11 is 0. The van der Waals surface area contributed by atoms with Crippen LogP contribution in [-0.2, 0) is 14.8 Å². The lowest BCUT2D eigenvalue weighted by Crippen LogP contribution is -2.43. The van der Waals surface area contributed by atoms with E-state index in [1.807, 2.05) is 0 Å². The van der Waals surface area contributed by atoms with Gasteiger partial charge in [0.05, 0.1) is 11.4 Å². The first-order chi connectivity index (χ1) is 9.91. The summed E-state index contributed by atoms with van der Waals surface area (Å²) in [5.41, 5.74) is 5.89. The zero-order chi connectivity index (χ0) is 15.5. The van der Waals surface area contributed by atoms with Crippen molar-refractivity contribution in [1.29, 1.82) is 0 Å². The number of sulfonamides is 1. The second-order valence-electron chi connectivity index (χ2n) is 5.38. The van der Waals surface area contributed by atoms with Crippen LogP contribution in [0.3, 0.4) is 0 Å². The summed E-state index contributed by atoms with van der Waals surface area (Å²) in [7, 11) is -2.24. The molecule has 0 heterocycles. The topological polar surface area (TPSA) is 92.5 Å². The van der Waals surface area contributed by atoms with E-state index in [0.29, 0.717) is 12.5 Å². The summed E-state index contributed by atoms with van der Waals surface area (Å²) < 4.78 is 25.5. The highest BCUT2D eigenvalue weighted by atomic mass is 32.2. The molecular formula is C14H21N3O3S. The molecule has 7 heteroatoms. The monoisotopic (exact) mass is 311 g/mol. The van der Waals surface area contributed by atoms with E-state index in [2.05, 4.69) is 5.32 Å². The molecule has 21 heavy (non-hydrogen) atoms. The summed E-state index contributed by atoms with van der Waals surface area (Å²) in [5.74, 6) is 0.157. The zero-order valence-corrected chi connectivity index (χ0v) is 12.8. The van der Waals surface area contributed by atoms with Crippen molar-refractivity contribution in [2.45, 2.75) is 23.8 Å². The van der Waals surface area contributed by atoms with E-state index in [0.717, 1.165) is 17.1 Å². The first kappa shape index (κ1) is 15.9. The van der Waals surface area contributed by atoms with Crippen molar-refractivity contribution in [3.63, 3.8) is 0 Å². The second kappa shape index (κ2) is 6.55. The minimum absolute atomic E-state index is 0.0370. The Morgan fingerprint density at radius 2 is 2.00 bits per heavy atom. The van der Waals surface area contributed by atoms with E-state index in [-0.39, 0.29) is 23.4 Å². The number of hydrogen-bond donors (Lipinski definition) is 2. The van der Waals surface area contributed by atoms with Gasteiger partial charge in [0.2, 0.25) is 15.9 Å². The highest BCUT2D eigenvalue weighted by Crippen LogP contribution is 2.31. The molecule has 1 unspecified atom stereocenters. The molecule has 6 nitrogen and oxygen atoms in total. The Morgan fingerprint density at radius 3 is 2.57 bits per heavy atom. The van der Waals surface area contributed by atoms with Gasteiger partial charge in [-0.05, 0) is 30.9 Å². The van der Waals surface area contributed by atoms with E-state index in [1.54, 1.807) is 18.2 Å². The van der Waals surface area contributed by atoms with Gasteiger partial charge in [-0.2, -0.15) is 4.31 Å². The maximum absolute atomic E-state index is 12.2. The van der Waals surface area contributed by atoms with Crippen molar-refractivity contribution in [3.05, 3.63) is 30.3 Å². The van der Waals surface area contributed by atoms with Gasteiger partial charge in [0.1, 0.15) is 0 Å². The highest BCUT2D eigenvalue weighted by Gasteiger charge is 2.29. The van der Waals surface area contributed by atoms with E-state index in [1.165, 1.54) is 19.2 Å². The van der Waals surface area contributed by atoms with Crippen LogP contribution < -0.4 is 11.1 Å². The Kier molecular flexibility index (Phi) is 4.97. The Hall–Kier alpha value is -1.44. The molecule has 0 bridgehead atoms. The van der Waals surface area contributed by atoms with E-state index in [4.69, 9.17) is 5.73 Å². The molecule has 1 aromatic rings. The van der Waals surface area contributed by atoms with Crippen LogP contribution in [0, 0.1) is 5.92 Å². The van der Waals surface area contributed by atoms with Crippen molar-refractivity contribution in [2.75, 3.05) is 20.1 Å². The van der Waals surface area contributed by atoms with E-state index < -0.39 is 10.0 Å². The van der Waals surface area contributed by atoms with Crippen LogP contribution >= 0.6 is 0 Å². The minimum atomic E-state index is -3.64. The van der Waals surface area contributed by atoms with Gasteiger partial charge in [0.25, 0.3) is 0 Å². The predicted octanol–water partition coefficient (Wildman–Crippen LogP) is 0.161. The Labute approximate surface area is 125 Å². The van der Waals surface area contributed by atoms with Crippen LogP contribution in [0.2, 0.25) is 0 Å². The number of benzene rings is 1. The molecule has 1 amide bonds. The SMILES string of the molecule is CN(CC(=O)NCC(N)C1CC1)S(=O)(=O)c1ccccc1. The molecule has 1 aromatic carbocycles. The number of nitrogens with two attached hydrogens (primary N) is 1.